The molecule has 0 unspecified atom stereocenters. The van der Waals surface area contributed by atoms with Crippen LogP contribution in [0.1, 0.15) is 20.7 Å². The van der Waals surface area contributed by atoms with Gasteiger partial charge in [-0.05, 0) is 42.5 Å². The summed E-state index contributed by atoms with van der Waals surface area (Å²) in [6, 6.07) is 17.2. The summed E-state index contributed by atoms with van der Waals surface area (Å²) in [5, 5.41) is 5.58. The number of pyridine rings is 1. The van der Waals surface area contributed by atoms with Gasteiger partial charge < -0.3 is 15.4 Å². The van der Waals surface area contributed by atoms with E-state index in [4.69, 9.17) is 4.74 Å². The Morgan fingerprint density at radius 2 is 1.62 bits per heavy atom. The fraction of sp³-hybridized carbons (Fsp3) is 0.0500. The van der Waals surface area contributed by atoms with Crippen LogP contribution in [0.5, 0.6) is 5.75 Å². The van der Waals surface area contributed by atoms with E-state index in [1.54, 1.807) is 60.8 Å². The number of methoxy groups -OCH3 is 1. The lowest BCUT2D eigenvalue weighted by atomic mass is 10.2. The van der Waals surface area contributed by atoms with E-state index in [9.17, 15) is 9.59 Å². The van der Waals surface area contributed by atoms with Crippen LogP contribution in [0.3, 0.4) is 0 Å². The molecule has 1 heterocycles. The Kier molecular flexibility index (Phi) is 5.24. The average molecular weight is 347 g/mol. The van der Waals surface area contributed by atoms with E-state index in [1.165, 1.54) is 13.3 Å². The fourth-order valence-corrected chi connectivity index (χ4v) is 2.37. The van der Waals surface area contributed by atoms with E-state index < -0.39 is 0 Å². The standard InChI is InChI=1S/C20H17N3O3/c1-26-18-10-9-16(22-20(25)15-8-5-11-21-13-15)12-17(18)23-19(24)14-6-3-2-4-7-14/h2-13H,1H3,(H,22,25)(H,23,24). The average Bonchev–Trinajstić information content (AvgIpc) is 2.69. The first-order valence-electron chi connectivity index (χ1n) is 7.93. The minimum atomic E-state index is -0.288. The fourth-order valence-electron chi connectivity index (χ4n) is 2.37. The maximum Gasteiger partial charge on any atom is 0.257 e. The van der Waals surface area contributed by atoms with E-state index in [1.807, 2.05) is 6.07 Å². The molecule has 1 aromatic heterocycles. The van der Waals surface area contributed by atoms with Crippen molar-refractivity contribution in [2.75, 3.05) is 17.7 Å². The lowest BCUT2D eigenvalue weighted by molar-refractivity contribution is 0.101. The van der Waals surface area contributed by atoms with Gasteiger partial charge >= 0.3 is 0 Å². The molecule has 2 aromatic carbocycles. The normalized spacial score (nSPS) is 10.0. The zero-order chi connectivity index (χ0) is 18.4. The van der Waals surface area contributed by atoms with Crippen LogP contribution in [0.2, 0.25) is 0 Å². The first-order chi connectivity index (χ1) is 12.7. The Balaban J connectivity index is 1.80. The lowest BCUT2D eigenvalue weighted by Crippen LogP contribution is -2.14. The van der Waals surface area contributed by atoms with Crippen LogP contribution in [0.15, 0.2) is 73.1 Å². The maximum atomic E-state index is 12.4. The minimum Gasteiger partial charge on any atom is -0.495 e. The summed E-state index contributed by atoms with van der Waals surface area (Å²) in [6.45, 7) is 0. The molecule has 0 bridgehead atoms. The second-order valence-electron chi connectivity index (χ2n) is 5.43. The molecule has 130 valence electrons. The topological polar surface area (TPSA) is 80.3 Å². The first-order valence-corrected chi connectivity index (χ1v) is 7.93. The molecule has 0 spiro atoms. The van der Waals surface area contributed by atoms with E-state index in [0.717, 1.165) is 0 Å². The number of anilines is 2. The summed E-state index contributed by atoms with van der Waals surface area (Å²) in [4.78, 5) is 28.6. The van der Waals surface area contributed by atoms with Crippen LogP contribution in [0, 0.1) is 0 Å². The van der Waals surface area contributed by atoms with Crippen molar-refractivity contribution in [1.29, 1.82) is 0 Å². The van der Waals surface area contributed by atoms with Gasteiger partial charge in [0.1, 0.15) is 5.75 Å². The monoisotopic (exact) mass is 347 g/mol. The van der Waals surface area contributed by atoms with Crippen molar-refractivity contribution in [3.8, 4) is 5.75 Å². The van der Waals surface area contributed by atoms with Gasteiger partial charge in [-0.2, -0.15) is 0 Å². The number of nitrogens with zero attached hydrogens (tertiary/aromatic N) is 1. The molecule has 6 heteroatoms. The van der Waals surface area contributed by atoms with Crippen molar-refractivity contribution in [2.45, 2.75) is 0 Å². The highest BCUT2D eigenvalue weighted by atomic mass is 16.5. The molecular weight excluding hydrogens is 330 g/mol. The van der Waals surface area contributed by atoms with E-state index in [0.29, 0.717) is 28.3 Å². The second kappa shape index (κ2) is 7.94. The number of benzene rings is 2. The minimum absolute atomic E-state index is 0.264. The first kappa shape index (κ1) is 17.2. The number of carbonyl (C=O) groups excluding carboxylic acids is 2. The van der Waals surface area contributed by atoms with Gasteiger partial charge in [0.2, 0.25) is 0 Å². The molecule has 0 aliphatic carbocycles. The molecule has 2 amide bonds. The number of hydrogen-bond acceptors (Lipinski definition) is 4. The van der Waals surface area contributed by atoms with Crippen molar-refractivity contribution in [3.05, 3.63) is 84.2 Å². The van der Waals surface area contributed by atoms with Crippen LogP contribution in [0.4, 0.5) is 11.4 Å². The molecule has 3 rings (SSSR count). The summed E-state index contributed by atoms with van der Waals surface area (Å²) in [5.41, 5.74) is 1.96. The Morgan fingerprint density at radius 1 is 0.885 bits per heavy atom. The van der Waals surface area contributed by atoms with Gasteiger partial charge in [0.05, 0.1) is 18.4 Å². The number of carbonyl (C=O) groups is 2. The van der Waals surface area contributed by atoms with Crippen LogP contribution in [-0.4, -0.2) is 23.9 Å². The third-order valence-corrected chi connectivity index (χ3v) is 3.67. The molecule has 0 fully saturated rings. The number of hydrogen-bond donors (Lipinski definition) is 2. The quantitative estimate of drug-likeness (QED) is 0.739. The highest BCUT2D eigenvalue weighted by Crippen LogP contribution is 2.28. The molecule has 0 radical (unpaired) electrons. The van der Waals surface area contributed by atoms with Gasteiger partial charge in [-0.15, -0.1) is 0 Å². The number of amides is 2. The molecule has 0 saturated heterocycles. The summed E-state index contributed by atoms with van der Waals surface area (Å²) < 4.78 is 5.29. The number of aromatic nitrogens is 1. The van der Waals surface area contributed by atoms with E-state index in [2.05, 4.69) is 15.6 Å². The van der Waals surface area contributed by atoms with Gasteiger partial charge in [0.25, 0.3) is 11.8 Å². The maximum absolute atomic E-state index is 12.4. The number of nitrogens with one attached hydrogen (secondary N) is 2. The smallest absolute Gasteiger partial charge is 0.257 e. The second-order valence-corrected chi connectivity index (χ2v) is 5.43. The van der Waals surface area contributed by atoms with Crippen molar-refractivity contribution >= 4 is 23.2 Å². The Labute approximate surface area is 150 Å². The van der Waals surface area contributed by atoms with E-state index in [-0.39, 0.29) is 11.8 Å². The highest BCUT2D eigenvalue weighted by molar-refractivity contribution is 6.07. The lowest BCUT2D eigenvalue weighted by Gasteiger charge is -2.13. The molecule has 0 atom stereocenters. The SMILES string of the molecule is COc1ccc(NC(=O)c2cccnc2)cc1NC(=O)c1ccccc1. The van der Waals surface area contributed by atoms with Crippen LogP contribution < -0.4 is 15.4 Å². The zero-order valence-electron chi connectivity index (χ0n) is 14.1. The van der Waals surface area contributed by atoms with Crippen molar-refractivity contribution in [2.24, 2.45) is 0 Å². The molecule has 0 aliphatic heterocycles. The molecule has 3 aromatic rings. The number of ether oxygens (including phenoxy) is 1. The largest absolute Gasteiger partial charge is 0.495 e. The van der Waals surface area contributed by atoms with Crippen molar-refractivity contribution < 1.29 is 14.3 Å². The van der Waals surface area contributed by atoms with Gasteiger partial charge in [-0.25, -0.2) is 0 Å². The van der Waals surface area contributed by atoms with Crippen molar-refractivity contribution in [1.82, 2.24) is 4.98 Å². The van der Waals surface area contributed by atoms with E-state index >= 15 is 0 Å². The summed E-state index contributed by atoms with van der Waals surface area (Å²) >= 11 is 0. The summed E-state index contributed by atoms with van der Waals surface area (Å²) in [6.07, 6.45) is 3.08. The molecular formula is C20H17N3O3. The molecule has 2 N–H and O–H groups in total. The zero-order valence-corrected chi connectivity index (χ0v) is 14.1. The Morgan fingerprint density at radius 3 is 2.31 bits per heavy atom. The molecule has 26 heavy (non-hydrogen) atoms. The van der Waals surface area contributed by atoms with Gasteiger partial charge in [-0.3, -0.25) is 14.6 Å². The van der Waals surface area contributed by atoms with Gasteiger partial charge in [0, 0.05) is 23.6 Å². The predicted octanol–water partition coefficient (Wildman–Crippen LogP) is 3.59. The Hall–Kier alpha value is -3.67. The number of rotatable bonds is 5. The summed E-state index contributed by atoms with van der Waals surface area (Å²) in [5.74, 6) is -0.0584. The van der Waals surface area contributed by atoms with Crippen molar-refractivity contribution in [3.63, 3.8) is 0 Å². The van der Waals surface area contributed by atoms with Crippen LogP contribution >= 0.6 is 0 Å². The molecule has 6 nitrogen and oxygen atoms in total. The third-order valence-electron chi connectivity index (χ3n) is 3.67. The van der Waals surface area contributed by atoms with Crippen LogP contribution in [-0.2, 0) is 0 Å². The third kappa shape index (κ3) is 4.05. The summed E-state index contributed by atoms with van der Waals surface area (Å²) in [7, 11) is 1.52. The van der Waals surface area contributed by atoms with Gasteiger partial charge in [-0.1, -0.05) is 18.2 Å². The van der Waals surface area contributed by atoms with Crippen LogP contribution in [0.25, 0.3) is 0 Å². The highest BCUT2D eigenvalue weighted by Gasteiger charge is 2.12. The predicted molar refractivity (Wildman–Crippen MR) is 99.6 cm³/mol. The molecule has 0 saturated carbocycles. The molecule has 0 aliphatic rings. The Bertz CT molecular complexity index is 912. The van der Waals surface area contributed by atoms with Gasteiger partial charge in [0.15, 0.2) is 0 Å².